The van der Waals surface area contributed by atoms with Crippen molar-refractivity contribution in [3.63, 3.8) is 0 Å². The van der Waals surface area contributed by atoms with Crippen LogP contribution in [-0.2, 0) is 26.3 Å². The Morgan fingerprint density at radius 1 is 1.05 bits per heavy atom. The first-order chi connectivity index (χ1) is 17.7. The first kappa shape index (κ1) is 29.3. The molecule has 1 fully saturated rings. The standard InChI is InChI=1S/C32H43ClO4/c1-23-20-29(33)28(10-8-6-7-9-11-30(34)36-5)31(23)25-14-16-26(17-15-25)32(2,3)22-37-21-24-12-18-27(35-4)19-13-24/h6,8,12-19,23,28-29,31H,7,9-11,20-22H2,1-5H3/b8-6-/t23-,28+,29-,31?/m1/s1. The van der Waals surface area contributed by atoms with Gasteiger partial charge in [-0.1, -0.05) is 69.3 Å². The lowest BCUT2D eigenvalue weighted by atomic mass is 9.80. The third-order valence-corrected chi connectivity index (χ3v) is 8.16. The molecule has 3 rings (SSSR count). The third kappa shape index (κ3) is 8.35. The molecule has 0 heterocycles. The zero-order chi connectivity index (χ0) is 26.8. The minimum Gasteiger partial charge on any atom is -0.497 e. The van der Waals surface area contributed by atoms with Crippen LogP contribution in [0.4, 0.5) is 0 Å². The largest absolute Gasteiger partial charge is 0.497 e. The van der Waals surface area contributed by atoms with Gasteiger partial charge in [0.1, 0.15) is 5.75 Å². The normalized spacial score (nSPS) is 21.9. The minimum absolute atomic E-state index is 0.0896. The quantitative estimate of drug-likeness (QED) is 0.115. The van der Waals surface area contributed by atoms with Crippen molar-refractivity contribution in [2.24, 2.45) is 11.8 Å². The zero-order valence-electron chi connectivity index (χ0n) is 23.0. The van der Waals surface area contributed by atoms with E-state index >= 15 is 0 Å². The fraction of sp³-hybridized carbons (Fsp3) is 0.531. The SMILES string of the molecule is COC(=O)CCC/C=C\C[C@@H]1C(c2ccc(C(C)(C)COCc3ccc(OC)cc3)cc2)[C@H](C)C[C@H]1Cl. The van der Waals surface area contributed by atoms with Gasteiger partial charge in [-0.05, 0) is 72.3 Å². The molecule has 37 heavy (non-hydrogen) atoms. The highest BCUT2D eigenvalue weighted by atomic mass is 35.5. The lowest BCUT2D eigenvalue weighted by Crippen LogP contribution is -2.24. The lowest BCUT2D eigenvalue weighted by Gasteiger charge is -2.27. The first-order valence-electron chi connectivity index (χ1n) is 13.4. The van der Waals surface area contributed by atoms with Gasteiger partial charge in [-0.2, -0.15) is 0 Å². The number of allylic oxidation sites excluding steroid dienone is 2. The van der Waals surface area contributed by atoms with Crippen LogP contribution in [0, 0.1) is 11.8 Å². The van der Waals surface area contributed by atoms with E-state index in [1.807, 2.05) is 24.3 Å². The van der Waals surface area contributed by atoms with Gasteiger partial charge >= 0.3 is 5.97 Å². The van der Waals surface area contributed by atoms with Crippen molar-refractivity contribution in [1.82, 2.24) is 0 Å². The number of benzene rings is 2. The molecule has 2 aromatic carbocycles. The molecule has 0 N–H and O–H groups in total. The van der Waals surface area contributed by atoms with Crippen molar-refractivity contribution in [3.8, 4) is 5.75 Å². The van der Waals surface area contributed by atoms with E-state index in [0.29, 0.717) is 37.4 Å². The Hall–Kier alpha value is -2.30. The van der Waals surface area contributed by atoms with Crippen LogP contribution in [0.2, 0.25) is 0 Å². The molecule has 0 spiro atoms. The number of esters is 1. The number of carbonyl (C=O) groups is 1. The number of hydrogen-bond acceptors (Lipinski definition) is 4. The molecule has 4 nitrogen and oxygen atoms in total. The number of unbranched alkanes of at least 4 members (excludes halogenated alkanes) is 1. The van der Waals surface area contributed by atoms with Crippen LogP contribution in [0.1, 0.15) is 75.5 Å². The molecule has 5 heteroatoms. The van der Waals surface area contributed by atoms with Crippen molar-refractivity contribution in [1.29, 1.82) is 0 Å². The molecular formula is C32H43ClO4. The first-order valence-corrected chi connectivity index (χ1v) is 13.9. The van der Waals surface area contributed by atoms with Crippen molar-refractivity contribution in [2.75, 3.05) is 20.8 Å². The molecule has 0 radical (unpaired) electrons. The van der Waals surface area contributed by atoms with Gasteiger partial charge in [-0.25, -0.2) is 0 Å². The maximum Gasteiger partial charge on any atom is 0.305 e. The van der Waals surface area contributed by atoms with Gasteiger partial charge in [0.2, 0.25) is 0 Å². The summed E-state index contributed by atoms with van der Waals surface area (Å²) in [6.45, 7) is 8.02. The number of hydrogen-bond donors (Lipinski definition) is 0. The molecular weight excluding hydrogens is 484 g/mol. The molecule has 0 bridgehead atoms. The Morgan fingerprint density at radius 3 is 2.41 bits per heavy atom. The van der Waals surface area contributed by atoms with Gasteiger partial charge in [-0.15, -0.1) is 11.6 Å². The van der Waals surface area contributed by atoms with E-state index in [9.17, 15) is 4.79 Å². The Morgan fingerprint density at radius 2 is 1.76 bits per heavy atom. The summed E-state index contributed by atoms with van der Waals surface area (Å²) in [6, 6.07) is 17.1. The van der Waals surface area contributed by atoms with Gasteiger partial charge in [0.25, 0.3) is 0 Å². The lowest BCUT2D eigenvalue weighted by molar-refractivity contribution is -0.140. The van der Waals surface area contributed by atoms with Crippen molar-refractivity contribution < 1.29 is 19.0 Å². The van der Waals surface area contributed by atoms with Gasteiger partial charge < -0.3 is 14.2 Å². The maximum absolute atomic E-state index is 11.3. The van der Waals surface area contributed by atoms with Crippen LogP contribution in [0.5, 0.6) is 5.75 Å². The second-order valence-electron chi connectivity index (χ2n) is 10.9. The topological polar surface area (TPSA) is 44.8 Å². The van der Waals surface area contributed by atoms with Crippen LogP contribution in [0.15, 0.2) is 60.7 Å². The van der Waals surface area contributed by atoms with E-state index in [1.165, 1.54) is 18.2 Å². The molecule has 1 aliphatic rings. The van der Waals surface area contributed by atoms with Crippen LogP contribution in [-0.4, -0.2) is 32.2 Å². The Kier molecular flexibility index (Phi) is 11.1. The summed E-state index contributed by atoms with van der Waals surface area (Å²) in [7, 11) is 3.11. The summed E-state index contributed by atoms with van der Waals surface area (Å²) in [5.41, 5.74) is 3.70. The highest BCUT2D eigenvalue weighted by Gasteiger charge is 2.40. The van der Waals surface area contributed by atoms with Gasteiger partial charge in [0.15, 0.2) is 0 Å². The molecule has 1 aliphatic carbocycles. The molecule has 1 saturated carbocycles. The number of halogens is 1. The zero-order valence-corrected chi connectivity index (χ0v) is 23.8. The van der Waals surface area contributed by atoms with Gasteiger partial charge in [0.05, 0.1) is 27.4 Å². The summed E-state index contributed by atoms with van der Waals surface area (Å²) in [5, 5.41) is 0.183. The highest BCUT2D eigenvalue weighted by molar-refractivity contribution is 6.21. The van der Waals surface area contributed by atoms with Crippen molar-refractivity contribution in [3.05, 3.63) is 77.4 Å². The maximum atomic E-state index is 11.3. The predicted molar refractivity (Wildman–Crippen MR) is 151 cm³/mol. The van der Waals surface area contributed by atoms with E-state index in [1.54, 1.807) is 7.11 Å². The summed E-state index contributed by atoms with van der Waals surface area (Å²) in [5.74, 6) is 2.13. The monoisotopic (exact) mass is 526 g/mol. The molecule has 0 saturated heterocycles. The number of ether oxygens (including phenoxy) is 3. The second kappa shape index (κ2) is 14.0. The van der Waals surface area contributed by atoms with E-state index in [-0.39, 0.29) is 16.8 Å². The average Bonchev–Trinajstić information content (AvgIpc) is 3.18. The van der Waals surface area contributed by atoms with Crippen LogP contribution in [0.3, 0.4) is 0 Å². The second-order valence-corrected chi connectivity index (χ2v) is 11.5. The molecule has 0 amide bonds. The molecule has 202 valence electrons. The number of carbonyl (C=O) groups excluding carboxylic acids is 1. The number of methoxy groups -OCH3 is 2. The molecule has 0 aliphatic heterocycles. The van der Waals surface area contributed by atoms with Crippen molar-refractivity contribution >= 4 is 17.6 Å². The fourth-order valence-corrected chi connectivity index (χ4v) is 5.96. The predicted octanol–water partition coefficient (Wildman–Crippen LogP) is 7.83. The Balaban J connectivity index is 1.56. The molecule has 4 atom stereocenters. The fourth-order valence-electron chi connectivity index (χ4n) is 5.42. The summed E-state index contributed by atoms with van der Waals surface area (Å²) in [4.78, 5) is 11.3. The average molecular weight is 527 g/mol. The van der Waals surface area contributed by atoms with Gasteiger partial charge in [0, 0.05) is 17.2 Å². The van der Waals surface area contributed by atoms with E-state index in [2.05, 4.69) is 57.2 Å². The molecule has 0 aromatic heterocycles. The smallest absolute Gasteiger partial charge is 0.305 e. The summed E-state index contributed by atoms with van der Waals surface area (Å²) in [6.07, 6.45) is 8.62. The minimum atomic E-state index is -0.144. The van der Waals surface area contributed by atoms with Crippen molar-refractivity contribution in [2.45, 2.75) is 76.2 Å². The van der Waals surface area contributed by atoms with Crippen LogP contribution < -0.4 is 4.74 Å². The number of alkyl halides is 1. The Bertz CT molecular complexity index is 996. The van der Waals surface area contributed by atoms with E-state index in [4.69, 9.17) is 25.8 Å². The number of rotatable bonds is 13. The van der Waals surface area contributed by atoms with E-state index in [0.717, 1.165) is 37.0 Å². The summed E-state index contributed by atoms with van der Waals surface area (Å²) >= 11 is 6.83. The van der Waals surface area contributed by atoms with Crippen LogP contribution >= 0.6 is 11.6 Å². The van der Waals surface area contributed by atoms with E-state index < -0.39 is 0 Å². The summed E-state index contributed by atoms with van der Waals surface area (Å²) < 4.78 is 16.0. The van der Waals surface area contributed by atoms with Crippen LogP contribution in [0.25, 0.3) is 0 Å². The third-order valence-electron chi connectivity index (χ3n) is 7.66. The molecule has 1 unspecified atom stereocenters. The molecule has 2 aromatic rings. The Labute approximate surface area is 228 Å². The van der Waals surface area contributed by atoms with Gasteiger partial charge in [-0.3, -0.25) is 4.79 Å². The highest BCUT2D eigenvalue weighted by Crippen LogP contribution is 2.48.